The summed E-state index contributed by atoms with van der Waals surface area (Å²) in [6, 6.07) is 0.525. The van der Waals surface area contributed by atoms with E-state index in [4.69, 9.17) is 5.11 Å². The lowest BCUT2D eigenvalue weighted by Crippen LogP contribution is -2.51. The zero-order chi connectivity index (χ0) is 11.9. The van der Waals surface area contributed by atoms with Crippen molar-refractivity contribution in [1.82, 2.24) is 5.32 Å². The molecule has 0 aromatic carbocycles. The molecule has 2 N–H and O–H groups in total. The maximum atomic E-state index is 9.06. The molecule has 0 aliphatic heterocycles. The molecule has 0 rings (SSSR count). The Kier molecular flexibility index (Phi) is 6.81. The van der Waals surface area contributed by atoms with E-state index in [2.05, 4.69) is 32.8 Å². The van der Waals surface area contributed by atoms with Crippen molar-refractivity contribution in [3.8, 4) is 0 Å². The monoisotopic (exact) mass is 215 g/mol. The van der Waals surface area contributed by atoms with E-state index in [1.165, 1.54) is 5.57 Å². The van der Waals surface area contributed by atoms with E-state index in [9.17, 15) is 0 Å². The van der Waals surface area contributed by atoms with Crippen molar-refractivity contribution in [2.24, 2.45) is 0 Å². The van der Waals surface area contributed by atoms with Crippen LogP contribution in [0.1, 0.15) is 20.8 Å². The van der Waals surface area contributed by atoms with E-state index >= 15 is 0 Å². The van der Waals surface area contributed by atoms with E-state index in [1.54, 1.807) is 0 Å². The molecule has 0 radical (unpaired) electrons. The Hall–Kier alpha value is -0.380. The molecule has 0 amide bonds. The minimum absolute atomic E-state index is 0.242. The number of likely N-dealkylation sites (N-methyl/N-ethyl adjacent to an activating group) is 1. The van der Waals surface area contributed by atoms with Crippen LogP contribution in [0.5, 0.6) is 0 Å². The first kappa shape index (κ1) is 14.6. The maximum absolute atomic E-state index is 9.06. The van der Waals surface area contributed by atoms with Crippen LogP contribution in [0.15, 0.2) is 12.2 Å². The van der Waals surface area contributed by atoms with Crippen LogP contribution in [0.25, 0.3) is 0 Å². The molecule has 1 unspecified atom stereocenters. The quantitative estimate of drug-likeness (QED) is 0.468. The summed E-state index contributed by atoms with van der Waals surface area (Å²) >= 11 is 0. The van der Waals surface area contributed by atoms with Gasteiger partial charge in [0.2, 0.25) is 0 Å². The number of rotatable bonds is 8. The molecule has 90 valence electrons. The molecule has 3 nitrogen and oxygen atoms in total. The zero-order valence-electron chi connectivity index (χ0n) is 10.7. The van der Waals surface area contributed by atoms with Gasteiger partial charge in [0.05, 0.1) is 26.7 Å². The third kappa shape index (κ3) is 7.54. The first-order chi connectivity index (χ1) is 6.89. The topological polar surface area (TPSA) is 32.3 Å². The summed E-state index contributed by atoms with van der Waals surface area (Å²) in [5, 5.41) is 12.5. The molecule has 0 saturated carbocycles. The van der Waals surface area contributed by atoms with E-state index in [1.807, 2.05) is 6.92 Å². The fourth-order valence-corrected chi connectivity index (χ4v) is 1.79. The molecular weight excluding hydrogens is 188 g/mol. The zero-order valence-corrected chi connectivity index (χ0v) is 10.7. The Morgan fingerprint density at radius 1 is 1.40 bits per heavy atom. The number of nitrogens with zero attached hydrogens (tertiary/aromatic N) is 1. The van der Waals surface area contributed by atoms with Crippen molar-refractivity contribution < 1.29 is 9.59 Å². The van der Waals surface area contributed by atoms with Crippen molar-refractivity contribution in [2.45, 2.75) is 26.8 Å². The summed E-state index contributed by atoms with van der Waals surface area (Å²) in [6.45, 7) is 14.3. The van der Waals surface area contributed by atoms with Crippen LogP contribution in [-0.4, -0.2) is 55.5 Å². The minimum Gasteiger partial charge on any atom is -0.391 e. The molecule has 0 aliphatic carbocycles. The van der Waals surface area contributed by atoms with Gasteiger partial charge in [-0.05, 0) is 12.5 Å². The Morgan fingerprint density at radius 3 is 2.40 bits per heavy atom. The lowest BCUT2D eigenvalue weighted by molar-refractivity contribution is -0.904. The predicted octanol–water partition coefficient (Wildman–Crippen LogP) is 0.999. The Morgan fingerprint density at radius 2 is 2.00 bits per heavy atom. The van der Waals surface area contributed by atoms with Crippen LogP contribution >= 0.6 is 0 Å². The second-order valence-corrected chi connectivity index (χ2v) is 5.01. The lowest BCUT2D eigenvalue weighted by atomic mass is 10.2. The molecule has 0 spiro atoms. The van der Waals surface area contributed by atoms with Crippen molar-refractivity contribution in [2.75, 3.05) is 39.8 Å². The maximum Gasteiger partial charge on any atom is 0.102 e. The van der Waals surface area contributed by atoms with Crippen molar-refractivity contribution in [3.05, 3.63) is 12.2 Å². The highest BCUT2D eigenvalue weighted by atomic mass is 16.3. The van der Waals surface area contributed by atoms with Gasteiger partial charge in [0.15, 0.2) is 0 Å². The van der Waals surface area contributed by atoms with Gasteiger partial charge >= 0.3 is 0 Å². The van der Waals surface area contributed by atoms with E-state index in [0.717, 1.165) is 30.7 Å². The SMILES string of the molecule is C=C(C)C[N+](C)(CCO)CCNC(C)C. The summed E-state index contributed by atoms with van der Waals surface area (Å²) in [7, 11) is 2.17. The largest absolute Gasteiger partial charge is 0.391 e. The second-order valence-electron chi connectivity index (χ2n) is 5.01. The van der Waals surface area contributed by atoms with Gasteiger partial charge in [-0.15, -0.1) is 0 Å². The summed E-state index contributed by atoms with van der Waals surface area (Å²) < 4.78 is 0.867. The standard InChI is InChI=1S/C12H27N2O/c1-11(2)10-14(5,8-9-15)7-6-13-12(3)4/h12-13,15H,1,6-10H2,2-5H3/q+1. The number of hydrogen-bond acceptors (Lipinski definition) is 2. The van der Waals surface area contributed by atoms with Gasteiger partial charge in [0.25, 0.3) is 0 Å². The molecule has 0 bridgehead atoms. The summed E-state index contributed by atoms with van der Waals surface area (Å²) in [6.07, 6.45) is 0. The number of hydrogen-bond donors (Lipinski definition) is 2. The summed E-state index contributed by atoms with van der Waals surface area (Å²) in [4.78, 5) is 0. The molecule has 0 saturated heterocycles. The molecular formula is C12H27N2O+. The predicted molar refractivity (Wildman–Crippen MR) is 65.8 cm³/mol. The molecule has 0 fully saturated rings. The highest BCUT2D eigenvalue weighted by Gasteiger charge is 2.20. The summed E-state index contributed by atoms with van der Waals surface area (Å²) in [5.41, 5.74) is 1.18. The fourth-order valence-electron chi connectivity index (χ4n) is 1.79. The van der Waals surface area contributed by atoms with Crippen LogP contribution in [0, 0.1) is 0 Å². The third-order valence-corrected chi connectivity index (χ3v) is 2.50. The molecule has 1 atom stereocenters. The van der Waals surface area contributed by atoms with Gasteiger partial charge in [-0.1, -0.05) is 20.4 Å². The molecule has 0 aromatic heterocycles. The molecule has 0 aromatic rings. The van der Waals surface area contributed by atoms with Crippen molar-refractivity contribution in [3.63, 3.8) is 0 Å². The smallest absolute Gasteiger partial charge is 0.102 e. The number of aliphatic hydroxyl groups excluding tert-OH is 1. The first-order valence-electron chi connectivity index (χ1n) is 5.72. The summed E-state index contributed by atoms with van der Waals surface area (Å²) in [5.74, 6) is 0. The molecule has 15 heavy (non-hydrogen) atoms. The number of nitrogens with one attached hydrogen (secondary N) is 1. The van der Waals surface area contributed by atoms with Gasteiger partial charge in [-0.25, -0.2) is 0 Å². The fraction of sp³-hybridized carbons (Fsp3) is 0.833. The van der Waals surface area contributed by atoms with Crippen LogP contribution < -0.4 is 5.32 Å². The minimum atomic E-state index is 0.242. The molecule has 0 heterocycles. The average molecular weight is 215 g/mol. The van der Waals surface area contributed by atoms with Crippen LogP contribution in [-0.2, 0) is 0 Å². The number of quaternary nitrogens is 1. The third-order valence-electron chi connectivity index (χ3n) is 2.50. The Labute approximate surface area is 94.4 Å². The van der Waals surface area contributed by atoms with Crippen molar-refractivity contribution >= 4 is 0 Å². The average Bonchev–Trinajstić information content (AvgIpc) is 2.01. The normalized spacial score (nSPS) is 15.3. The van der Waals surface area contributed by atoms with Gasteiger partial charge in [-0.2, -0.15) is 0 Å². The van der Waals surface area contributed by atoms with Crippen molar-refractivity contribution in [1.29, 1.82) is 0 Å². The van der Waals surface area contributed by atoms with Crippen LogP contribution in [0.3, 0.4) is 0 Å². The van der Waals surface area contributed by atoms with E-state index in [0.29, 0.717) is 6.04 Å². The lowest BCUT2D eigenvalue weighted by Gasteiger charge is -2.34. The van der Waals surface area contributed by atoms with Gasteiger partial charge in [0, 0.05) is 12.6 Å². The van der Waals surface area contributed by atoms with Crippen LogP contribution in [0.4, 0.5) is 0 Å². The molecule has 3 heteroatoms. The Balaban J connectivity index is 4.06. The molecule has 0 aliphatic rings. The van der Waals surface area contributed by atoms with Gasteiger partial charge in [0.1, 0.15) is 6.54 Å². The van der Waals surface area contributed by atoms with Crippen LogP contribution in [0.2, 0.25) is 0 Å². The Bertz CT molecular complexity index is 192. The second kappa shape index (κ2) is 6.99. The first-order valence-corrected chi connectivity index (χ1v) is 5.72. The van der Waals surface area contributed by atoms with E-state index < -0.39 is 0 Å². The van der Waals surface area contributed by atoms with Gasteiger partial charge in [-0.3, -0.25) is 0 Å². The number of aliphatic hydroxyl groups is 1. The highest BCUT2D eigenvalue weighted by molar-refractivity contribution is 4.87. The van der Waals surface area contributed by atoms with E-state index in [-0.39, 0.29) is 6.61 Å². The van der Waals surface area contributed by atoms with Gasteiger partial charge < -0.3 is 14.9 Å². The highest BCUT2D eigenvalue weighted by Crippen LogP contribution is 2.05.